The lowest BCUT2D eigenvalue weighted by Gasteiger charge is -2.37. The molecule has 1 saturated heterocycles. The molecule has 3 N–H and O–H groups in total. The molecule has 0 aromatic heterocycles. The molecule has 0 aliphatic carbocycles. The fraction of sp³-hybridized carbons (Fsp3) is 0.929. The first-order valence-electron chi connectivity index (χ1n) is 6.98. The molecule has 0 bridgehead atoms. The number of aliphatic carboxylic acids is 1. The highest BCUT2D eigenvalue weighted by Gasteiger charge is 2.27. The second-order valence-corrected chi connectivity index (χ2v) is 6.69. The molecule has 1 unspecified atom stereocenters. The monoisotopic (exact) mass is 256 g/mol. The first-order valence-corrected chi connectivity index (χ1v) is 6.98. The van der Waals surface area contributed by atoms with E-state index in [0.29, 0.717) is 11.8 Å². The Balaban J connectivity index is 2.14. The topological polar surface area (TPSA) is 66.6 Å². The van der Waals surface area contributed by atoms with Crippen molar-refractivity contribution in [3.8, 4) is 0 Å². The molecular weight excluding hydrogens is 228 g/mol. The summed E-state index contributed by atoms with van der Waals surface area (Å²) >= 11 is 0. The summed E-state index contributed by atoms with van der Waals surface area (Å²) in [4.78, 5) is 13.3. The number of carboxylic acid groups (broad SMARTS) is 1. The van der Waals surface area contributed by atoms with Crippen LogP contribution < -0.4 is 5.73 Å². The summed E-state index contributed by atoms with van der Waals surface area (Å²) in [6.45, 7) is 9.68. The molecule has 1 aliphatic rings. The second-order valence-electron chi connectivity index (χ2n) is 6.69. The Kier molecular flexibility index (Phi) is 5.17. The Morgan fingerprint density at radius 1 is 1.33 bits per heavy atom. The van der Waals surface area contributed by atoms with Gasteiger partial charge in [0, 0.05) is 0 Å². The standard InChI is InChI=1S/C14H28N2O2/c1-13(2)7-10-16(11-8-13)9-5-4-6-14(3,15)12(17)18/h4-11,15H2,1-3H3,(H,17,18). The predicted molar refractivity (Wildman–Crippen MR) is 73.5 cm³/mol. The van der Waals surface area contributed by atoms with Crippen molar-refractivity contribution >= 4 is 5.97 Å². The summed E-state index contributed by atoms with van der Waals surface area (Å²) in [5.41, 5.74) is 5.13. The van der Waals surface area contributed by atoms with Crippen LogP contribution in [0.1, 0.15) is 52.9 Å². The van der Waals surface area contributed by atoms with Crippen LogP contribution in [-0.2, 0) is 4.79 Å². The second kappa shape index (κ2) is 6.02. The van der Waals surface area contributed by atoms with Crippen LogP contribution in [0.25, 0.3) is 0 Å². The number of rotatable bonds is 6. The maximum Gasteiger partial charge on any atom is 0.323 e. The maximum atomic E-state index is 10.9. The maximum absolute atomic E-state index is 10.9. The van der Waals surface area contributed by atoms with Crippen molar-refractivity contribution in [3.05, 3.63) is 0 Å². The van der Waals surface area contributed by atoms with Crippen LogP contribution in [-0.4, -0.2) is 41.1 Å². The van der Waals surface area contributed by atoms with Crippen LogP contribution in [0.15, 0.2) is 0 Å². The zero-order valence-electron chi connectivity index (χ0n) is 12.0. The van der Waals surface area contributed by atoms with Crippen LogP contribution in [0.5, 0.6) is 0 Å². The summed E-state index contributed by atoms with van der Waals surface area (Å²) in [7, 11) is 0. The van der Waals surface area contributed by atoms with Gasteiger partial charge in [-0.1, -0.05) is 13.8 Å². The highest BCUT2D eigenvalue weighted by molar-refractivity contribution is 5.77. The van der Waals surface area contributed by atoms with Crippen molar-refractivity contribution in [3.63, 3.8) is 0 Å². The van der Waals surface area contributed by atoms with Gasteiger partial charge < -0.3 is 15.7 Å². The molecule has 0 aromatic carbocycles. The fourth-order valence-electron chi connectivity index (χ4n) is 2.32. The van der Waals surface area contributed by atoms with E-state index >= 15 is 0 Å². The molecule has 1 atom stereocenters. The van der Waals surface area contributed by atoms with E-state index in [1.54, 1.807) is 6.92 Å². The van der Waals surface area contributed by atoms with E-state index in [1.165, 1.54) is 25.9 Å². The van der Waals surface area contributed by atoms with Crippen LogP contribution in [0.3, 0.4) is 0 Å². The van der Waals surface area contributed by atoms with Gasteiger partial charge in [0.2, 0.25) is 0 Å². The Bertz CT molecular complexity index is 278. The highest BCUT2D eigenvalue weighted by atomic mass is 16.4. The summed E-state index contributed by atoms with van der Waals surface area (Å²) in [5.74, 6) is -0.901. The zero-order valence-corrected chi connectivity index (χ0v) is 12.0. The van der Waals surface area contributed by atoms with Crippen molar-refractivity contribution in [1.82, 2.24) is 4.90 Å². The Morgan fingerprint density at radius 3 is 2.39 bits per heavy atom. The number of carbonyl (C=O) groups is 1. The average molecular weight is 256 g/mol. The Hall–Kier alpha value is -0.610. The van der Waals surface area contributed by atoms with Crippen molar-refractivity contribution in [2.45, 2.75) is 58.4 Å². The lowest BCUT2D eigenvalue weighted by Crippen LogP contribution is -2.44. The van der Waals surface area contributed by atoms with Gasteiger partial charge in [-0.3, -0.25) is 4.79 Å². The minimum Gasteiger partial charge on any atom is -0.480 e. The summed E-state index contributed by atoms with van der Waals surface area (Å²) < 4.78 is 0. The van der Waals surface area contributed by atoms with Gasteiger partial charge in [0.05, 0.1) is 0 Å². The van der Waals surface area contributed by atoms with E-state index in [-0.39, 0.29) is 0 Å². The van der Waals surface area contributed by atoms with Gasteiger partial charge in [-0.15, -0.1) is 0 Å². The average Bonchev–Trinajstić information content (AvgIpc) is 2.26. The molecule has 18 heavy (non-hydrogen) atoms. The van der Waals surface area contributed by atoms with Gasteiger partial charge in [-0.2, -0.15) is 0 Å². The van der Waals surface area contributed by atoms with E-state index in [1.807, 2.05) is 0 Å². The first-order chi connectivity index (χ1) is 8.23. The van der Waals surface area contributed by atoms with E-state index in [2.05, 4.69) is 18.7 Å². The molecule has 4 nitrogen and oxygen atoms in total. The minimum atomic E-state index is -1.07. The molecule has 1 aliphatic heterocycles. The van der Waals surface area contributed by atoms with Crippen LogP contribution >= 0.6 is 0 Å². The number of hydrogen-bond donors (Lipinski definition) is 2. The molecular formula is C14H28N2O2. The number of nitrogens with two attached hydrogens (primary N) is 1. The largest absolute Gasteiger partial charge is 0.480 e. The highest BCUT2D eigenvalue weighted by Crippen LogP contribution is 2.29. The number of unbranched alkanes of at least 4 members (excludes halogenated alkanes) is 1. The lowest BCUT2D eigenvalue weighted by atomic mass is 9.82. The minimum absolute atomic E-state index is 0.496. The van der Waals surface area contributed by atoms with Gasteiger partial charge in [0.1, 0.15) is 5.54 Å². The van der Waals surface area contributed by atoms with Crippen molar-refractivity contribution < 1.29 is 9.90 Å². The molecule has 1 fully saturated rings. The summed E-state index contributed by atoms with van der Waals surface area (Å²) in [5, 5.41) is 8.91. The molecule has 1 rings (SSSR count). The number of nitrogens with zero attached hydrogens (tertiary/aromatic N) is 1. The molecule has 0 radical (unpaired) electrons. The fourth-order valence-corrected chi connectivity index (χ4v) is 2.32. The molecule has 1 heterocycles. The van der Waals surface area contributed by atoms with Crippen molar-refractivity contribution in [2.24, 2.45) is 11.1 Å². The third-order valence-electron chi connectivity index (χ3n) is 4.12. The third kappa shape index (κ3) is 4.94. The van der Waals surface area contributed by atoms with Crippen LogP contribution in [0.2, 0.25) is 0 Å². The lowest BCUT2D eigenvalue weighted by molar-refractivity contribution is -0.142. The number of hydrogen-bond acceptors (Lipinski definition) is 3. The molecule has 0 amide bonds. The summed E-state index contributed by atoms with van der Waals surface area (Å²) in [6.07, 6.45) is 5.01. The third-order valence-corrected chi connectivity index (χ3v) is 4.12. The molecule has 106 valence electrons. The van der Waals surface area contributed by atoms with Crippen LogP contribution in [0.4, 0.5) is 0 Å². The van der Waals surface area contributed by atoms with E-state index < -0.39 is 11.5 Å². The van der Waals surface area contributed by atoms with Crippen molar-refractivity contribution in [1.29, 1.82) is 0 Å². The quantitative estimate of drug-likeness (QED) is 0.714. The smallest absolute Gasteiger partial charge is 0.323 e. The van der Waals surface area contributed by atoms with Crippen LogP contribution in [0, 0.1) is 5.41 Å². The molecule has 0 spiro atoms. The normalized spacial score (nSPS) is 23.6. The Labute approximate surface area is 111 Å². The number of piperidine rings is 1. The SMILES string of the molecule is CC1(C)CCN(CCCCC(C)(N)C(=O)O)CC1. The zero-order chi connectivity index (χ0) is 13.8. The van der Waals surface area contributed by atoms with Gasteiger partial charge in [0.25, 0.3) is 0 Å². The molecule has 0 saturated carbocycles. The predicted octanol–water partition coefficient (Wildman–Crippen LogP) is 2.08. The van der Waals surface area contributed by atoms with E-state index in [4.69, 9.17) is 10.8 Å². The number of likely N-dealkylation sites (tertiary alicyclic amines) is 1. The summed E-state index contributed by atoms with van der Waals surface area (Å²) in [6, 6.07) is 0. The first kappa shape index (κ1) is 15.4. The van der Waals surface area contributed by atoms with Gasteiger partial charge in [-0.25, -0.2) is 0 Å². The van der Waals surface area contributed by atoms with Gasteiger partial charge in [-0.05, 0) is 64.1 Å². The molecule has 0 aromatic rings. The van der Waals surface area contributed by atoms with E-state index in [0.717, 1.165) is 19.4 Å². The van der Waals surface area contributed by atoms with E-state index in [9.17, 15) is 4.79 Å². The molecule has 4 heteroatoms. The van der Waals surface area contributed by atoms with Gasteiger partial charge >= 0.3 is 5.97 Å². The Morgan fingerprint density at radius 2 is 1.89 bits per heavy atom. The van der Waals surface area contributed by atoms with Gasteiger partial charge in [0.15, 0.2) is 0 Å². The van der Waals surface area contributed by atoms with Crippen molar-refractivity contribution in [2.75, 3.05) is 19.6 Å². The number of carboxylic acids is 1.